The second-order valence-electron chi connectivity index (χ2n) is 5.55. The Morgan fingerprint density at radius 2 is 0.964 bits per heavy atom. The Kier molecular flexibility index (Phi) is 5.46. The SMILES string of the molecule is FC(F)(F)C(F)(F)c1ccc(NNc2cccc(C(F)(F)C(F)(F)F)c2)cc1. The molecule has 2 aromatic rings. The predicted molar refractivity (Wildman–Crippen MR) is 80.0 cm³/mol. The molecule has 0 spiro atoms. The molecule has 2 rings (SSSR count). The zero-order chi connectivity index (χ0) is 21.4. The van der Waals surface area contributed by atoms with Gasteiger partial charge >= 0.3 is 24.2 Å². The van der Waals surface area contributed by atoms with Gasteiger partial charge in [-0.05, 0) is 24.3 Å². The number of halogens is 10. The smallest absolute Gasteiger partial charge is 0.301 e. The van der Waals surface area contributed by atoms with E-state index in [9.17, 15) is 43.9 Å². The summed E-state index contributed by atoms with van der Waals surface area (Å²) in [4.78, 5) is 0. The van der Waals surface area contributed by atoms with E-state index in [0.29, 0.717) is 24.3 Å². The van der Waals surface area contributed by atoms with Crippen LogP contribution in [-0.2, 0) is 11.8 Å². The van der Waals surface area contributed by atoms with Gasteiger partial charge in [-0.15, -0.1) is 0 Å². The molecule has 0 atom stereocenters. The van der Waals surface area contributed by atoms with Crippen LogP contribution >= 0.6 is 0 Å². The van der Waals surface area contributed by atoms with Gasteiger partial charge in [0, 0.05) is 11.1 Å². The molecule has 0 aliphatic carbocycles. The molecule has 28 heavy (non-hydrogen) atoms. The molecule has 154 valence electrons. The Morgan fingerprint density at radius 1 is 0.500 bits per heavy atom. The highest BCUT2D eigenvalue weighted by molar-refractivity contribution is 5.54. The maximum absolute atomic E-state index is 13.3. The number of hydrazine groups is 1. The third kappa shape index (κ3) is 4.25. The molecule has 0 radical (unpaired) electrons. The number of rotatable bonds is 5. The van der Waals surface area contributed by atoms with Gasteiger partial charge in [-0.2, -0.15) is 43.9 Å². The van der Waals surface area contributed by atoms with E-state index in [1.54, 1.807) is 0 Å². The van der Waals surface area contributed by atoms with E-state index in [1.807, 2.05) is 0 Å². The van der Waals surface area contributed by atoms with Crippen LogP contribution in [0.5, 0.6) is 0 Å². The first-order chi connectivity index (χ1) is 12.7. The van der Waals surface area contributed by atoms with Crippen LogP contribution in [0.3, 0.4) is 0 Å². The average molecular weight is 420 g/mol. The van der Waals surface area contributed by atoms with Gasteiger partial charge in [-0.1, -0.05) is 24.3 Å². The van der Waals surface area contributed by atoms with Crippen LogP contribution in [0.25, 0.3) is 0 Å². The third-order valence-electron chi connectivity index (χ3n) is 3.54. The molecular weight excluding hydrogens is 410 g/mol. The minimum atomic E-state index is -5.81. The Balaban J connectivity index is 2.12. The largest absolute Gasteiger partial charge is 0.458 e. The van der Waals surface area contributed by atoms with Crippen LogP contribution in [0.1, 0.15) is 11.1 Å². The second-order valence-corrected chi connectivity index (χ2v) is 5.55. The monoisotopic (exact) mass is 420 g/mol. The van der Waals surface area contributed by atoms with Crippen molar-refractivity contribution < 1.29 is 43.9 Å². The fraction of sp³-hybridized carbons (Fsp3) is 0.250. The lowest BCUT2D eigenvalue weighted by molar-refractivity contribution is -0.289. The molecule has 0 saturated heterocycles. The number of nitrogens with one attached hydrogen (secondary N) is 2. The number of hydrogen-bond acceptors (Lipinski definition) is 2. The van der Waals surface area contributed by atoms with Crippen molar-refractivity contribution in [3.8, 4) is 0 Å². The number of benzene rings is 2. The summed E-state index contributed by atoms with van der Waals surface area (Å²) in [5.74, 6) is -10.2. The molecule has 0 aromatic heterocycles. The predicted octanol–water partition coefficient (Wildman–Crippen LogP) is 6.43. The zero-order valence-electron chi connectivity index (χ0n) is 13.4. The molecular formula is C16H10F10N2. The highest BCUT2D eigenvalue weighted by atomic mass is 19.4. The van der Waals surface area contributed by atoms with Gasteiger partial charge in [0.05, 0.1) is 11.4 Å². The molecule has 0 unspecified atom stereocenters. The van der Waals surface area contributed by atoms with E-state index in [4.69, 9.17) is 0 Å². The van der Waals surface area contributed by atoms with Crippen molar-refractivity contribution in [2.45, 2.75) is 24.2 Å². The molecule has 0 aliphatic heterocycles. The summed E-state index contributed by atoms with van der Waals surface area (Å²) in [7, 11) is 0. The minimum absolute atomic E-state index is 0.0466. The molecule has 2 nitrogen and oxygen atoms in total. The summed E-state index contributed by atoms with van der Waals surface area (Å²) < 4.78 is 127. The van der Waals surface area contributed by atoms with E-state index in [1.165, 1.54) is 0 Å². The average Bonchev–Trinajstić information content (AvgIpc) is 2.58. The molecule has 12 heteroatoms. The first kappa shape index (κ1) is 21.6. The van der Waals surface area contributed by atoms with Crippen molar-refractivity contribution in [1.82, 2.24) is 0 Å². The van der Waals surface area contributed by atoms with Gasteiger partial charge in [-0.3, -0.25) is 0 Å². The highest BCUT2D eigenvalue weighted by Crippen LogP contribution is 2.45. The molecule has 0 heterocycles. The lowest BCUT2D eigenvalue weighted by atomic mass is 10.1. The van der Waals surface area contributed by atoms with E-state index < -0.39 is 35.3 Å². The highest BCUT2D eigenvalue weighted by Gasteiger charge is 2.59. The lowest BCUT2D eigenvalue weighted by Crippen LogP contribution is -2.33. The van der Waals surface area contributed by atoms with Crippen LogP contribution in [0, 0.1) is 0 Å². The quantitative estimate of drug-likeness (QED) is 0.430. The number of alkyl halides is 10. The van der Waals surface area contributed by atoms with Gasteiger partial charge in [0.1, 0.15) is 0 Å². The van der Waals surface area contributed by atoms with Crippen LogP contribution in [-0.4, -0.2) is 12.4 Å². The van der Waals surface area contributed by atoms with Crippen molar-refractivity contribution in [1.29, 1.82) is 0 Å². The van der Waals surface area contributed by atoms with Crippen LogP contribution in [0.2, 0.25) is 0 Å². The van der Waals surface area contributed by atoms with Crippen LogP contribution in [0.15, 0.2) is 48.5 Å². The fourth-order valence-corrected chi connectivity index (χ4v) is 2.03. The minimum Gasteiger partial charge on any atom is -0.301 e. The maximum Gasteiger partial charge on any atom is 0.458 e. The Hall–Kier alpha value is -2.66. The van der Waals surface area contributed by atoms with Gasteiger partial charge in [0.25, 0.3) is 0 Å². The second kappa shape index (κ2) is 7.06. The molecule has 0 amide bonds. The lowest BCUT2D eigenvalue weighted by Gasteiger charge is -2.21. The molecule has 0 aliphatic rings. The van der Waals surface area contributed by atoms with E-state index >= 15 is 0 Å². The number of hydrogen-bond donors (Lipinski definition) is 2. The van der Waals surface area contributed by atoms with Crippen molar-refractivity contribution >= 4 is 11.4 Å². The van der Waals surface area contributed by atoms with Crippen molar-refractivity contribution in [2.24, 2.45) is 0 Å². The van der Waals surface area contributed by atoms with Crippen molar-refractivity contribution in [3.05, 3.63) is 59.7 Å². The maximum atomic E-state index is 13.3. The summed E-state index contributed by atoms with van der Waals surface area (Å²) in [5, 5.41) is 0. The molecule has 0 fully saturated rings. The summed E-state index contributed by atoms with van der Waals surface area (Å²) in [6, 6.07) is 5.80. The van der Waals surface area contributed by atoms with Gasteiger partial charge in [0.15, 0.2) is 0 Å². The van der Waals surface area contributed by atoms with E-state index in [0.717, 1.165) is 24.3 Å². The standard InChI is InChI=1S/C16H10F10N2/c17-13(18,15(21,22)23)9-4-6-11(7-5-9)27-28-12-3-1-2-10(8-12)14(19,20)16(24,25)26/h1-8,27-28H. The molecule has 0 saturated carbocycles. The van der Waals surface area contributed by atoms with Gasteiger partial charge in [0.2, 0.25) is 0 Å². The number of anilines is 2. The first-order valence-corrected chi connectivity index (χ1v) is 7.28. The van der Waals surface area contributed by atoms with E-state index in [2.05, 4.69) is 10.9 Å². The molecule has 2 N–H and O–H groups in total. The van der Waals surface area contributed by atoms with Crippen molar-refractivity contribution in [3.63, 3.8) is 0 Å². The summed E-state index contributed by atoms with van der Waals surface area (Å²) in [6.45, 7) is 0. The topological polar surface area (TPSA) is 24.1 Å². The first-order valence-electron chi connectivity index (χ1n) is 7.28. The summed E-state index contributed by atoms with van der Waals surface area (Å²) >= 11 is 0. The Labute approximate surface area is 151 Å². The van der Waals surface area contributed by atoms with Crippen molar-refractivity contribution in [2.75, 3.05) is 10.9 Å². The Bertz CT molecular complexity index is 809. The van der Waals surface area contributed by atoms with Crippen LogP contribution in [0.4, 0.5) is 55.3 Å². The molecule has 2 aromatic carbocycles. The summed E-state index contributed by atoms with van der Waals surface area (Å²) in [5.41, 5.74) is 1.61. The fourth-order valence-electron chi connectivity index (χ4n) is 2.03. The Morgan fingerprint density at radius 3 is 1.46 bits per heavy atom. The van der Waals surface area contributed by atoms with Gasteiger partial charge < -0.3 is 10.9 Å². The zero-order valence-corrected chi connectivity index (χ0v) is 13.4. The third-order valence-corrected chi connectivity index (χ3v) is 3.54. The van der Waals surface area contributed by atoms with Gasteiger partial charge in [-0.25, -0.2) is 0 Å². The van der Waals surface area contributed by atoms with Crippen LogP contribution < -0.4 is 10.9 Å². The van der Waals surface area contributed by atoms with E-state index in [-0.39, 0.29) is 11.4 Å². The normalized spacial score (nSPS) is 13.4. The molecule has 0 bridgehead atoms. The summed E-state index contributed by atoms with van der Waals surface area (Å²) in [6.07, 6.45) is -11.6.